The Labute approximate surface area is 155 Å². The maximum Gasteiger partial charge on any atom is 0.325 e. The highest BCUT2D eigenvalue weighted by Crippen LogP contribution is 2.16. The average molecular weight is 366 g/mol. The summed E-state index contributed by atoms with van der Waals surface area (Å²) in [5, 5.41) is 10.1. The number of hydrogen-bond acceptors (Lipinski definition) is 4. The lowest BCUT2D eigenvalue weighted by Crippen LogP contribution is -2.26. The van der Waals surface area contributed by atoms with Gasteiger partial charge < -0.3 is 10.6 Å². The molecule has 0 radical (unpaired) electrons. The molecular weight excluding hydrogens is 348 g/mol. The second-order valence-corrected chi connectivity index (χ2v) is 6.33. The van der Waals surface area contributed by atoms with Gasteiger partial charge in [-0.25, -0.2) is 9.78 Å². The third kappa shape index (κ3) is 5.15. The van der Waals surface area contributed by atoms with Crippen LogP contribution in [0.25, 0.3) is 0 Å². The Morgan fingerprint density at radius 3 is 2.35 bits per heavy atom. The second kappa shape index (κ2) is 8.77. The number of hydrogen-bond donors (Lipinski definition) is 3. The van der Waals surface area contributed by atoms with Gasteiger partial charge in [0.1, 0.15) is 5.69 Å². The number of thiazole rings is 1. The average Bonchev–Trinajstić information content (AvgIpc) is 3.12. The van der Waals surface area contributed by atoms with Crippen LogP contribution in [0.3, 0.4) is 0 Å². The maximum absolute atomic E-state index is 12.1. The van der Waals surface area contributed by atoms with Crippen LogP contribution in [-0.4, -0.2) is 23.5 Å². The SMILES string of the molecule is O=C(Nc1ccccc1)Nc1nc(C(=O)NCCc2ccccc2)cs1. The lowest BCUT2D eigenvalue weighted by Gasteiger charge is -2.05. The number of para-hydroxylation sites is 1. The van der Waals surface area contributed by atoms with E-state index in [-0.39, 0.29) is 11.6 Å². The molecule has 0 saturated heterocycles. The van der Waals surface area contributed by atoms with Crippen LogP contribution >= 0.6 is 11.3 Å². The Bertz CT molecular complexity index is 866. The van der Waals surface area contributed by atoms with E-state index in [9.17, 15) is 9.59 Å². The lowest BCUT2D eigenvalue weighted by atomic mass is 10.1. The summed E-state index contributed by atoms with van der Waals surface area (Å²) in [6.45, 7) is 0.525. The fourth-order valence-electron chi connectivity index (χ4n) is 2.27. The molecule has 1 heterocycles. The fourth-order valence-corrected chi connectivity index (χ4v) is 2.96. The van der Waals surface area contributed by atoms with Crippen LogP contribution in [0.4, 0.5) is 15.6 Å². The molecule has 0 aliphatic heterocycles. The Morgan fingerprint density at radius 1 is 0.923 bits per heavy atom. The number of rotatable bonds is 6. The van der Waals surface area contributed by atoms with Crippen LogP contribution in [0, 0.1) is 0 Å². The van der Waals surface area contributed by atoms with Gasteiger partial charge in [0.25, 0.3) is 5.91 Å². The van der Waals surface area contributed by atoms with Crippen molar-refractivity contribution in [2.75, 3.05) is 17.2 Å². The Kier molecular flexibility index (Phi) is 5.95. The monoisotopic (exact) mass is 366 g/mol. The molecule has 26 heavy (non-hydrogen) atoms. The smallest absolute Gasteiger partial charge is 0.325 e. The number of amides is 3. The van der Waals surface area contributed by atoms with E-state index < -0.39 is 6.03 Å². The standard InChI is InChI=1S/C19H18N4O2S/c24-17(20-12-11-14-7-3-1-4-8-14)16-13-26-19(22-16)23-18(25)21-15-9-5-2-6-10-15/h1-10,13H,11-12H2,(H,20,24)(H2,21,22,23,25). The van der Waals surface area contributed by atoms with Crippen molar-refractivity contribution in [2.45, 2.75) is 6.42 Å². The molecule has 3 rings (SSSR count). The molecule has 132 valence electrons. The topological polar surface area (TPSA) is 83.1 Å². The van der Waals surface area contributed by atoms with Crippen molar-refractivity contribution in [1.82, 2.24) is 10.3 Å². The van der Waals surface area contributed by atoms with Gasteiger partial charge in [0.15, 0.2) is 5.13 Å². The number of aromatic nitrogens is 1. The molecule has 0 spiro atoms. The van der Waals surface area contributed by atoms with E-state index in [2.05, 4.69) is 20.9 Å². The molecule has 6 nitrogen and oxygen atoms in total. The molecule has 3 aromatic rings. The van der Waals surface area contributed by atoms with Crippen molar-refractivity contribution in [2.24, 2.45) is 0 Å². The molecule has 1 aromatic heterocycles. The van der Waals surface area contributed by atoms with Gasteiger partial charge in [-0.3, -0.25) is 10.1 Å². The van der Waals surface area contributed by atoms with E-state index in [0.29, 0.717) is 17.4 Å². The van der Waals surface area contributed by atoms with Crippen molar-refractivity contribution in [3.63, 3.8) is 0 Å². The number of carbonyl (C=O) groups excluding carboxylic acids is 2. The summed E-state index contributed by atoms with van der Waals surface area (Å²) >= 11 is 1.20. The summed E-state index contributed by atoms with van der Waals surface area (Å²) in [4.78, 5) is 28.2. The summed E-state index contributed by atoms with van der Waals surface area (Å²) in [6, 6.07) is 18.6. The predicted molar refractivity (Wildman–Crippen MR) is 104 cm³/mol. The highest BCUT2D eigenvalue weighted by Gasteiger charge is 2.12. The van der Waals surface area contributed by atoms with Crippen LogP contribution in [0.1, 0.15) is 16.1 Å². The third-order valence-electron chi connectivity index (χ3n) is 3.53. The number of urea groups is 1. The third-order valence-corrected chi connectivity index (χ3v) is 4.29. The highest BCUT2D eigenvalue weighted by molar-refractivity contribution is 7.14. The summed E-state index contributed by atoms with van der Waals surface area (Å²) in [5.74, 6) is -0.256. The second-order valence-electron chi connectivity index (χ2n) is 5.47. The first-order valence-electron chi connectivity index (χ1n) is 8.11. The summed E-state index contributed by atoms with van der Waals surface area (Å²) < 4.78 is 0. The van der Waals surface area contributed by atoms with E-state index in [0.717, 1.165) is 12.0 Å². The summed E-state index contributed by atoms with van der Waals surface area (Å²) in [7, 11) is 0. The van der Waals surface area contributed by atoms with Gasteiger partial charge in [0, 0.05) is 17.6 Å². The molecular formula is C19H18N4O2S. The minimum absolute atomic E-state index is 0.256. The summed E-state index contributed by atoms with van der Waals surface area (Å²) in [6.07, 6.45) is 0.751. The van der Waals surface area contributed by atoms with Gasteiger partial charge >= 0.3 is 6.03 Å². The van der Waals surface area contributed by atoms with Crippen molar-refractivity contribution in [3.05, 3.63) is 77.3 Å². The Balaban J connectivity index is 1.47. The Hall–Kier alpha value is -3.19. The zero-order valence-electron chi connectivity index (χ0n) is 13.9. The van der Waals surface area contributed by atoms with Gasteiger partial charge in [0.2, 0.25) is 0 Å². The Morgan fingerprint density at radius 2 is 1.62 bits per heavy atom. The van der Waals surface area contributed by atoms with E-state index in [4.69, 9.17) is 0 Å². The molecule has 0 saturated carbocycles. The molecule has 0 atom stereocenters. The van der Waals surface area contributed by atoms with Gasteiger partial charge in [-0.05, 0) is 24.1 Å². The van der Waals surface area contributed by atoms with Crippen LogP contribution in [0.2, 0.25) is 0 Å². The minimum atomic E-state index is -0.401. The van der Waals surface area contributed by atoms with Gasteiger partial charge in [-0.2, -0.15) is 0 Å². The zero-order valence-corrected chi connectivity index (χ0v) is 14.8. The number of anilines is 2. The van der Waals surface area contributed by atoms with E-state index in [1.807, 2.05) is 48.5 Å². The molecule has 7 heteroatoms. The maximum atomic E-state index is 12.1. The van der Waals surface area contributed by atoms with Crippen LogP contribution in [0.5, 0.6) is 0 Å². The van der Waals surface area contributed by atoms with Gasteiger partial charge in [0.05, 0.1) is 0 Å². The molecule has 0 aliphatic carbocycles. The van der Waals surface area contributed by atoms with Crippen molar-refractivity contribution in [3.8, 4) is 0 Å². The molecule has 0 aliphatic rings. The molecule has 0 unspecified atom stereocenters. The van der Waals surface area contributed by atoms with Crippen LogP contribution < -0.4 is 16.0 Å². The molecule has 2 aromatic carbocycles. The molecule has 0 fully saturated rings. The largest absolute Gasteiger partial charge is 0.350 e. The first-order chi connectivity index (χ1) is 12.7. The van der Waals surface area contributed by atoms with Crippen LogP contribution in [0.15, 0.2) is 66.0 Å². The van der Waals surface area contributed by atoms with Crippen molar-refractivity contribution >= 4 is 34.1 Å². The summed E-state index contributed by atoms with van der Waals surface area (Å²) in [5.41, 5.74) is 2.13. The lowest BCUT2D eigenvalue weighted by molar-refractivity contribution is 0.0950. The molecule has 0 bridgehead atoms. The van der Waals surface area contributed by atoms with Gasteiger partial charge in [-0.1, -0.05) is 48.5 Å². The van der Waals surface area contributed by atoms with E-state index >= 15 is 0 Å². The minimum Gasteiger partial charge on any atom is -0.350 e. The molecule has 3 N–H and O–H groups in total. The number of nitrogens with one attached hydrogen (secondary N) is 3. The molecule has 3 amide bonds. The first kappa shape index (κ1) is 17.6. The van der Waals surface area contributed by atoms with Crippen molar-refractivity contribution in [1.29, 1.82) is 0 Å². The van der Waals surface area contributed by atoms with E-state index in [1.54, 1.807) is 17.5 Å². The highest BCUT2D eigenvalue weighted by atomic mass is 32.1. The van der Waals surface area contributed by atoms with E-state index in [1.165, 1.54) is 11.3 Å². The quantitative estimate of drug-likeness (QED) is 0.621. The number of carbonyl (C=O) groups is 2. The van der Waals surface area contributed by atoms with Gasteiger partial charge in [-0.15, -0.1) is 11.3 Å². The van der Waals surface area contributed by atoms with Crippen LogP contribution in [-0.2, 0) is 6.42 Å². The zero-order chi connectivity index (χ0) is 18.2. The van der Waals surface area contributed by atoms with Crippen molar-refractivity contribution < 1.29 is 9.59 Å². The number of nitrogens with zero attached hydrogens (tertiary/aromatic N) is 1. The predicted octanol–water partition coefficient (Wildman–Crippen LogP) is 3.76. The number of benzene rings is 2. The first-order valence-corrected chi connectivity index (χ1v) is 8.99. The fraction of sp³-hybridized carbons (Fsp3) is 0.105. The normalized spacial score (nSPS) is 10.2.